The third-order valence-corrected chi connectivity index (χ3v) is 4.34. The summed E-state index contributed by atoms with van der Waals surface area (Å²) in [5.74, 6) is 0.928. The predicted octanol–water partition coefficient (Wildman–Crippen LogP) is 3.04. The molecule has 0 heterocycles. The maximum Gasteiger partial charge on any atom is -0.0269 e. The lowest BCUT2D eigenvalue weighted by molar-refractivity contribution is 0.152. The Hall–Kier alpha value is 0. The zero-order chi connectivity index (χ0) is 7.41. The second kappa shape index (κ2) is 1.60. The monoisotopic (exact) mass is 137 g/mol. The van der Waals surface area contributed by atoms with Crippen LogP contribution in [0.1, 0.15) is 40.0 Å². The van der Waals surface area contributed by atoms with Crippen molar-refractivity contribution in [2.24, 2.45) is 16.7 Å². The minimum absolute atomic E-state index is 0.604. The van der Waals surface area contributed by atoms with Crippen LogP contribution in [-0.4, -0.2) is 0 Å². The van der Waals surface area contributed by atoms with E-state index >= 15 is 0 Å². The van der Waals surface area contributed by atoms with Gasteiger partial charge in [-0.25, -0.2) is 0 Å². The predicted molar refractivity (Wildman–Crippen MR) is 43.5 cm³/mol. The fourth-order valence-corrected chi connectivity index (χ4v) is 2.78. The Morgan fingerprint density at radius 3 is 2.10 bits per heavy atom. The number of hydrogen-bond donors (Lipinski definition) is 0. The Balaban J connectivity index is 2.37. The van der Waals surface area contributed by atoms with Gasteiger partial charge in [-0.3, -0.25) is 0 Å². The minimum atomic E-state index is 0.604. The molecule has 0 heteroatoms. The standard InChI is InChI=1S/C10H17/c1-9(2)8-4-6-10(9,3)7-5-8/h4,8H,5-7H2,1-3H3. The van der Waals surface area contributed by atoms with Gasteiger partial charge in [0.15, 0.2) is 0 Å². The van der Waals surface area contributed by atoms with Crippen LogP contribution in [0.3, 0.4) is 0 Å². The Bertz CT molecular complexity index is 145. The summed E-state index contributed by atoms with van der Waals surface area (Å²) in [6.07, 6.45) is 6.82. The van der Waals surface area contributed by atoms with Crippen molar-refractivity contribution < 1.29 is 0 Å². The van der Waals surface area contributed by atoms with Crippen molar-refractivity contribution in [3.63, 3.8) is 0 Å². The van der Waals surface area contributed by atoms with Crippen molar-refractivity contribution in [1.82, 2.24) is 0 Å². The summed E-state index contributed by atoms with van der Waals surface area (Å²) in [7, 11) is 0. The van der Waals surface area contributed by atoms with Crippen LogP contribution in [0.2, 0.25) is 0 Å². The molecule has 0 N–H and O–H groups in total. The van der Waals surface area contributed by atoms with Gasteiger partial charge in [-0.2, -0.15) is 0 Å². The highest BCUT2D eigenvalue weighted by Crippen LogP contribution is 2.64. The molecule has 2 atom stereocenters. The Kier molecular flexibility index (Phi) is 1.07. The topological polar surface area (TPSA) is 0 Å². The van der Waals surface area contributed by atoms with Crippen LogP contribution in [-0.2, 0) is 0 Å². The fourth-order valence-electron chi connectivity index (χ4n) is 2.78. The van der Waals surface area contributed by atoms with E-state index in [-0.39, 0.29) is 0 Å². The molecule has 2 bridgehead atoms. The molecule has 2 fully saturated rings. The first-order chi connectivity index (χ1) is 4.56. The molecule has 0 amide bonds. The van der Waals surface area contributed by atoms with Crippen molar-refractivity contribution in [1.29, 1.82) is 0 Å². The van der Waals surface area contributed by atoms with Crippen molar-refractivity contribution in [3.05, 3.63) is 6.42 Å². The molecule has 2 rings (SSSR count). The van der Waals surface area contributed by atoms with Crippen LogP contribution in [0.15, 0.2) is 0 Å². The molecule has 0 spiro atoms. The highest BCUT2D eigenvalue weighted by molar-refractivity contribution is 5.12. The third kappa shape index (κ3) is 0.538. The quantitative estimate of drug-likeness (QED) is 0.481. The summed E-state index contributed by atoms with van der Waals surface area (Å²) < 4.78 is 0. The average molecular weight is 137 g/mol. The van der Waals surface area contributed by atoms with Crippen LogP contribution in [0.25, 0.3) is 0 Å². The van der Waals surface area contributed by atoms with E-state index in [1.165, 1.54) is 19.3 Å². The fraction of sp³-hybridized carbons (Fsp3) is 0.900. The smallest absolute Gasteiger partial charge is 0.0269 e. The first-order valence-corrected chi connectivity index (χ1v) is 4.40. The first-order valence-electron chi connectivity index (χ1n) is 4.40. The van der Waals surface area contributed by atoms with E-state index in [1.807, 2.05) is 0 Å². The molecule has 2 aliphatic carbocycles. The Morgan fingerprint density at radius 2 is 2.00 bits per heavy atom. The second-order valence-corrected chi connectivity index (χ2v) is 4.87. The Morgan fingerprint density at radius 1 is 1.30 bits per heavy atom. The molecule has 0 aromatic rings. The van der Waals surface area contributed by atoms with Crippen LogP contribution < -0.4 is 0 Å². The van der Waals surface area contributed by atoms with Gasteiger partial charge in [0, 0.05) is 0 Å². The van der Waals surface area contributed by atoms with E-state index in [0.717, 1.165) is 5.92 Å². The van der Waals surface area contributed by atoms with E-state index in [2.05, 4.69) is 27.2 Å². The molecule has 2 aliphatic rings. The van der Waals surface area contributed by atoms with Gasteiger partial charge in [-0.1, -0.05) is 20.8 Å². The number of fused-ring (bicyclic) bond motifs is 2. The maximum absolute atomic E-state index is 2.55. The van der Waals surface area contributed by atoms with Gasteiger partial charge >= 0.3 is 0 Å². The van der Waals surface area contributed by atoms with E-state index in [1.54, 1.807) is 0 Å². The summed E-state index contributed by atoms with van der Waals surface area (Å²) in [5.41, 5.74) is 1.25. The molecule has 10 heavy (non-hydrogen) atoms. The van der Waals surface area contributed by atoms with Gasteiger partial charge in [0.2, 0.25) is 0 Å². The SMILES string of the molecule is CC12C[CH]C(CC1)C2(C)C. The zero-order valence-corrected chi connectivity index (χ0v) is 7.28. The molecule has 57 valence electrons. The van der Waals surface area contributed by atoms with Crippen LogP contribution in [0, 0.1) is 23.2 Å². The lowest BCUT2D eigenvalue weighted by atomic mass is 9.71. The largest absolute Gasteiger partial charge is 0.0591 e. The maximum atomic E-state index is 2.55. The van der Waals surface area contributed by atoms with Gasteiger partial charge < -0.3 is 0 Å². The zero-order valence-electron chi connectivity index (χ0n) is 7.28. The van der Waals surface area contributed by atoms with Gasteiger partial charge in [-0.05, 0) is 42.4 Å². The summed E-state index contributed by atoms with van der Waals surface area (Å²) in [4.78, 5) is 0. The molecule has 0 saturated heterocycles. The van der Waals surface area contributed by atoms with Gasteiger partial charge in [0.1, 0.15) is 0 Å². The highest BCUT2D eigenvalue weighted by atomic mass is 14.6. The molecular weight excluding hydrogens is 120 g/mol. The number of hydrogen-bond acceptors (Lipinski definition) is 0. The minimum Gasteiger partial charge on any atom is -0.0591 e. The van der Waals surface area contributed by atoms with Crippen LogP contribution in [0.5, 0.6) is 0 Å². The van der Waals surface area contributed by atoms with E-state index in [9.17, 15) is 0 Å². The highest BCUT2D eigenvalue weighted by Gasteiger charge is 2.55. The summed E-state index contributed by atoms with van der Waals surface area (Å²) >= 11 is 0. The van der Waals surface area contributed by atoms with Crippen molar-refractivity contribution in [3.8, 4) is 0 Å². The lowest BCUT2D eigenvalue weighted by Crippen LogP contribution is -2.26. The van der Waals surface area contributed by atoms with Gasteiger partial charge in [0.25, 0.3) is 0 Å². The van der Waals surface area contributed by atoms with E-state index in [4.69, 9.17) is 0 Å². The van der Waals surface area contributed by atoms with Crippen molar-refractivity contribution in [2.45, 2.75) is 40.0 Å². The lowest BCUT2D eigenvalue weighted by Gasteiger charge is -2.34. The van der Waals surface area contributed by atoms with Gasteiger partial charge in [0.05, 0.1) is 0 Å². The first kappa shape index (κ1) is 6.69. The molecule has 0 aromatic heterocycles. The second-order valence-electron chi connectivity index (χ2n) is 4.87. The number of rotatable bonds is 0. The molecule has 1 radical (unpaired) electrons. The normalized spacial score (nSPS) is 50.1. The van der Waals surface area contributed by atoms with E-state index < -0.39 is 0 Å². The summed E-state index contributed by atoms with van der Waals surface area (Å²) in [6, 6.07) is 0. The molecule has 0 aromatic carbocycles. The van der Waals surface area contributed by atoms with Crippen molar-refractivity contribution in [2.75, 3.05) is 0 Å². The summed E-state index contributed by atoms with van der Waals surface area (Å²) in [6.45, 7) is 7.33. The molecule has 0 aliphatic heterocycles. The van der Waals surface area contributed by atoms with Gasteiger partial charge in [-0.15, -0.1) is 0 Å². The summed E-state index contributed by atoms with van der Waals surface area (Å²) in [5, 5.41) is 0. The van der Waals surface area contributed by atoms with Crippen molar-refractivity contribution >= 4 is 0 Å². The molecule has 2 unspecified atom stereocenters. The molecular formula is C10H17. The third-order valence-electron chi connectivity index (χ3n) is 4.34. The average Bonchev–Trinajstić information content (AvgIpc) is 2.18. The molecule has 0 nitrogen and oxygen atoms in total. The van der Waals surface area contributed by atoms with Crippen LogP contribution in [0.4, 0.5) is 0 Å². The van der Waals surface area contributed by atoms with E-state index in [0.29, 0.717) is 10.8 Å². The van der Waals surface area contributed by atoms with Crippen LogP contribution >= 0.6 is 0 Å². The molecule has 2 saturated carbocycles. The Labute approximate surface area is 64.0 Å².